The van der Waals surface area contributed by atoms with Gasteiger partial charge < -0.3 is 14.8 Å². The van der Waals surface area contributed by atoms with E-state index in [-0.39, 0.29) is 12.1 Å². The number of thioether (sulfide) groups is 1. The van der Waals surface area contributed by atoms with Gasteiger partial charge in [-0.15, -0.1) is 5.10 Å². The smallest absolute Gasteiger partial charge is 0.338 e. The van der Waals surface area contributed by atoms with Crippen LogP contribution < -0.4 is 10.1 Å². The Bertz CT molecular complexity index is 1660. The Morgan fingerprint density at radius 3 is 2.41 bits per heavy atom. The third-order valence-electron chi connectivity index (χ3n) is 8.63. The van der Waals surface area contributed by atoms with Crippen LogP contribution in [0, 0.1) is 20.8 Å². The van der Waals surface area contributed by atoms with E-state index in [9.17, 15) is 4.79 Å². The Labute approximate surface area is 264 Å². The third kappa shape index (κ3) is 6.70. The summed E-state index contributed by atoms with van der Waals surface area (Å²) < 4.78 is 14.1. The lowest BCUT2D eigenvalue weighted by Crippen LogP contribution is -2.32. The summed E-state index contributed by atoms with van der Waals surface area (Å²) in [5.74, 6) is 1.84. The average molecular weight is 609 g/mol. The molecule has 1 aliphatic carbocycles. The summed E-state index contributed by atoms with van der Waals surface area (Å²) in [6, 6.07) is 22.2. The van der Waals surface area contributed by atoms with Crippen molar-refractivity contribution in [2.75, 3.05) is 5.32 Å². The van der Waals surface area contributed by atoms with E-state index in [1.165, 1.54) is 34.2 Å². The normalized spacial score (nSPS) is 16.8. The van der Waals surface area contributed by atoms with Crippen LogP contribution in [0.2, 0.25) is 0 Å². The van der Waals surface area contributed by atoms with E-state index in [0.29, 0.717) is 23.3 Å². The minimum atomic E-state index is -0.475. The number of anilines is 1. The fourth-order valence-corrected chi connectivity index (χ4v) is 6.75. The number of carbonyl (C=O) groups is 1. The second kappa shape index (κ2) is 13.3. The predicted octanol–water partition coefficient (Wildman–Crippen LogP) is 8.24. The van der Waals surface area contributed by atoms with Gasteiger partial charge in [0, 0.05) is 11.4 Å². The Hall–Kier alpha value is -4.04. The number of nitrogens with one attached hydrogen (secondary N) is 1. The minimum Gasteiger partial charge on any atom is -0.489 e. The molecule has 0 bridgehead atoms. The molecule has 1 saturated carbocycles. The van der Waals surface area contributed by atoms with Gasteiger partial charge >= 0.3 is 5.97 Å². The molecule has 1 aromatic heterocycles. The number of aryl methyl sites for hydroxylation is 3. The van der Waals surface area contributed by atoms with Gasteiger partial charge in [-0.2, -0.15) is 4.98 Å². The number of nitrogens with zero attached hydrogens (tertiary/aromatic N) is 3. The summed E-state index contributed by atoms with van der Waals surface area (Å²) in [4.78, 5) is 18.6. The zero-order valence-corrected chi connectivity index (χ0v) is 26.7. The van der Waals surface area contributed by atoms with Crippen LogP contribution in [0.4, 0.5) is 5.95 Å². The van der Waals surface area contributed by atoms with E-state index in [4.69, 9.17) is 19.6 Å². The number of rotatable bonds is 9. The first-order valence-corrected chi connectivity index (χ1v) is 16.5. The molecule has 0 spiro atoms. The number of hydrogen-bond donors (Lipinski definition) is 1. The molecule has 0 saturated heterocycles. The molecule has 1 atom stereocenters. The molecule has 3 aromatic carbocycles. The maximum atomic E-state index is 13.8. The third-order valence-corrected chi connectivity index (χ3v) is 9.54. The number of ether oxygens (including phenoxy) is 2. The van der Waals surface area contributed by atoms with Gasteiger partial charge in [0.05, 0.1) is 5.57 Å². The highest BCUT2D eigenvalue weighted by Gasteiger charge is 2.36. The van der Waals surface area contributed by atoms with Crippen LogP contribution in [0.25, 0.3) is 0 Å². The molecule has 2 aliphatic rings. The Kier molecular flexibility index (Phi) is 9.07. The van der Waals surface area contributed by atoms with Gasteiger partial charge in [-0.3, -0.25) is 0 Å². The van der Waals surface area contributed by atoms with E-state index in [1.54, 1.807) is 11.8 Å². The summed E-state index contributed by atoms with van der Waals surface area (Å²) in [5.41, 5.74) is 8.36. The van der Waals surface area contributed by atoms with Gasteiger partial charge in [0.15, 0.2) is 0 Å². The monoisotopic (exact) mass is 608 g/mol. The maximum absolute atomic E-state index is 13.8. The lowest BCUT2D eigenvalue weighted by molar-refractivity contribution is -0.146. The highest BCUT2D eigenvalue weighted by atomic mass is 32.2. The highest BCUT2D eigenvalue weighted by molar-refractivity contribution is 7.98. The van der Waals surface area contributed by atoms with Crippen LogP contribution in [0.15, 0.2) is 83.2 Å². The van der Waals surface area contributed by atoms with Crippen molar-refractivity contribution in [2.24, 2.45) is 0 Å². The van der Waals surface area contributed by atoms with E-state index < -0.39 is 6.04 Å². The molecule has 6 rings (SSSR count). The molecule has 1 aliphatic heterocycles. The molecule has 1 fully saturated rings. The van der Waals surface area contributed by atoms with Gasteiger partial charge in [0.25, 0.3) is 0 Å². The first-order valence-electron chi connectivity index (χ1n) is 15.5. The van der Waals surface area contributed by atoms with E-state index >= 15 is 0 Å². The first kappa shape index (κ1) is 30.0. The maximum Gasteiger partial charge on any atom is 0.338 e. The average Bonchev–Trinajstić information content (AvgIpc) is 3.44. The number of esters is 1. The van der Waals surface area contributed by atoms with Crippen LogP contribution in [0.3, 0.4) is 0 Å². The lowest BCUT2D eigenvalue weighted by atomic mass is 9.95. The Balaban J connectivity index is 1.26. The molecule has 1 N–H and O–H groups in total. The Morgan fingerprint density at radius 2 is 1.66 bits per heavy atom. The van der Waals surface area contributed by atoms with E-state index in [0.717, 1.165) is 48.4 Å². The van der Waals surface area contributed by atoms with Crippen LogP contribution in [-0.4, -0.2) is 26.8 Å². The van der Waals surface area contributed by atoms with Gasteiger partial charge in [0.1, 0.15) is 24.5 Å². The summed E-state index contributed by atoms with van der Waals surface area (Å²) >= 11 is 1.58. The van der Waals surface area contributed by atoms with Crippen LogP contribution in [0.1, 0.15) is 78.5 Å². The fraction of sp³-hybridized carbons (Fsp3) is 0.361. The second-order valence-corrected chi connectivity index (χ2v) is 12.8. The van der Waals surface area contributed by atoms with Crippen LogP contribution in [0.5, 0.6) is 5.75 Å². The quantitative estimate of drug-likeness (QED) is 0.151. The summed E-state index contributed by atoms with van der Waals surface area (Å²) in [6.07, 6.45) is 5.17. The molecule has 228 valence electrons. The molecule has 1 unspecified atom stereocenters. The number of allylic oxidation sites excluding steroid dienone is 1. The fourth-order valence-electron chi connectivity index (χ4n) is 5.97. The molecule has 0 radical (unpaired) electrons. The first-order chi connectivity index (χ1) is 21.4. The largest absolute Gasteiger partial charge is 0.489 e. The second-order valence-electron chi connectivity index (χ2n) is 11.9. The highest BCUT2D eigenvalue weighted by Crippen LogP contribution is 2.38. The molecule has 4 aromatic rings. The van der Waals surface area contributed by atoms with E-state index in [2.05, 4.69) is 50.4 Å². The number of benzene rings is 3. The summed E-state index contributed by atoms with van der Waals surface area (Å²) in [7, 11) is 0. The van der Waals surface area contributed by atoms with Crippen molar-refractivity contribution in [1.82, 2.24) is 14.8 Å². The number of fused-ring (bicyclic) bond motifs is 1. The minimum absolute atomic E-state index is 0.0454. The van der Waals surface area contributed by atoms with Crippen LogP contribution >= 0.6 is 11.8 Å². The van der Waals surface area contributed by atoms with Crippen LogP contribution in [-0.2, 0) is 21.9 Å². The number of aromatic nitrogens is 3. The van der Waals surface area contributed by atoms with Crippen molar-refractivity contribution in [2.45, 2.75) is 89.5 Å². The van der Waals surface area contributed by atoms with Gasteiger partial charge in [-0.1, -0.05) is 72.8 Å². The lowest BCUT2D eigenvalue weighted by Gasteiger charge is -2.30. The van der Waals surface area contributed by atoms with Crippen molar-refractivity contribution in [3.8, 4) is 5.75 Å². The van der Waals surface area contributed by atoms with Crippen molar-refractivity contribution in [3.63, 3.8) is 0 Å². The SMILES string of the molecule is CC1=C(C(=O)OC2CCCCC2)C(c2ccc(OCc3cc(C)c(C)cc3C)cc2)n2nc(SCc3ccccc3)nc2N1. The topological polar surface area (TPSA) is 78.3 Å². The van der Waals surface area contributed by atoms with Crippen molar-refractivity contribution in [1.29, 1.82) is 0 Å². The molecule has 0 amide bonds. The Morgan fingerprint density at radius 1 is 0.932 bits per heavy atom. The van der Waals surface area contributed by atoms with Crippen molar-refractivity contribution >= 4 is 23.7 Å². The van der Waals surface area contributed by atoms with Gasteiger partial charge in [-0.05, 0) is 98.9 Å². The number of carbonyl (C=O) groups excluding carboxylic acids is 1. The van der Waals surface area contributed by atoms with E-state index in [1.807, 2.05) is 54.1 Å². The molecular formula is C36H40N4O3S. The summed E-state index contributed by atoms with van der Waals surface area (Å²) in [5, 5.41) is 8.89. The zero-order chi connectivity index (χ0) is 30.6. The standard InChI is InChI=1S/C36H40N4O3S/c1-23-19-25(3)29(20-24(23)2)21-42-30-17-15-28(16-18-30)33-32(34(41)43-31-13-9-6-10-14-31)26(4)37-35-38-36(39-40(33)35)44-22-27-11-7-5-8-12-27/h5,7-8,11-12,15-20,31,33H,6,9-10,13-14,21-22H2,1-4H3,(H,37,38,39). The molecular weight excluding hydrogens is 568 g/mol. The molecule has 8 heteroatoms. The van der Waals surface area contributed by atoms with Gasteiger partial charge in [-0.25, -0.2) is 9.48 Å². The summed E-state index contributed by atoms with van der Waals surface area (Å²) in [6.45, 7) is 8.79. The molecule has 2 heterocycles. The predicted molar refractivity (Wildman–Crippen MR) is 175 cm³/mol. The zero-order valence-electron chi connectivity index (χ0n) is 25.9. The van der Waals surface area contributed by atoms with Crippen molar-refractivity contribution in [3.05, 3.63) is 111 Å². The number of hydrogen-bond acceptors (Lipinski definition) is 7. The van der Waals surface area contributed by atoms with Crippen molar-refractivity contribution < 1.29 is 14.3 Å². The molecule has 44 heavy (non-hydrogen) atoms. The molecule has 7 nitrogen and oxygen atoms in total. The van der Waals surface area contributed by atoms with Gasteiger partial charge in [0.2, 0.25) is 11.1 Å².